The van der Waals surface area contributed by atoms with Crippen LogP contribution in [0.2, 0.25) is 0 Å². The zero-order chi connectivity index (χ0) is 10.9. The van der Waals surface area contributed by atoms with Gasteiger partial charge in [-0.05, 0) is 13.3 Å². The van der Waals surface area contributed by atoms with Gasteiger partial charge < -0.3 is 15.8 Å². The van der Waals surface area contributed by atoms with Crippen molar-refractivity contribution in [3.8, 4) is 0 Å². The average Bonchev–Trinajstić information content (AvgIpc) is 2.25. The summed E-state index contributed by atoms with van der Waals surface area (Å²) in [6, 6.07) is 0. The first kappa shape index (κ1) is 11.9. The number of hydrogen-bond acceptors (Lipinski definition) is 5. The third-order valence-corrected chi connectivity index (χ3v) is 1.90. The van der Waals surface area contributed by atoms with E-state index in [0.717, 1.165) is 31.1 Å². The molecule has 0 aliphatic rings. The second kappa shape index (κ2) is 7.14. The molecule has 1 rings (SSSR count). The van der Waals surface area contributed by atoms with Crippen molar-refractivity contribution < 1.29 is 4.74 Å². The van der Waals surface area contributed by atoms with E-state index in [1.54, 1.807) is 12.4 Å². The predicted molar refractivity (Wildman–Crippen MR) is 59.7 cm³/mol. The molecular weight excluding hydrogens is 192 g/mol. The maximum absolute atomic E-state index is 5.30. The monoisotopic (exact) mass is 210 g/mol. The largest absolute Gasteiger partial charge is 0.380 e. The number of nitrogens with two attached hydrogens (primary N) is 1. The number of hydrogen-bond donors (Lipinski definition) is 2. The number of rotatable bonds is 7. The molecule has 0 radical (unpaired) electrons. The third kappa shape index (κ3) is 4.71. The minimum atomic E-state index is 0.580. The molecule has 3 N–H and O–H groups in total. The Kier molecular flexibility index (Phi) is 5.65. The van der Waals surface area contributed by atoms with Gasteiger partial charge in [0.1, 0.15) is 5.82 Å². The minimum Gasteiger partial charge on any atom is -0.380 e. The van der Waals surface area contributed by atoms with Crippen molar-refractivity contribution in [1.29, 1.82) is 0 Å². The molecule has 0 saturated heterocycles. The Labute approximate surface area is 90.1 Å². The molecule has 0 fully saturated rings. The van der Waals surface area contributed by atoms with Crippen LogP contribution in [0.4, 0.5) is 5.82 Å². The Morgan fingerprint density at radius 3 is 2.87 bits per heavy atom. The van der Waals surface area contributed by atoms with E-state index >= 15 is 0 Å². The molecule has 0 bridgehead atoms. The summed E-state index contributed by atoms with van der Waals surface area (Å²) in [5.74, 6) is 0.844. The second-order valence-electron chi connectivity index (χ2n) is 3.17. The van der Waals surface area contributed by atoms with Gasteiger partial charge in [0.15, 0.2) is 0 Å². The summed E-state index contributed by atoms with van der Waals surface area (Å²) in [7, 11) is 0. The number of aromatic nitrogens is 2. The van der Waals surface area contributed by atoms with Gasteiger partial charge in [-0.25, -0.2) is 4.98 Å². The molecule has 84 valence electrons. The van der Waals surface area contributed by atoms with Gasteiger partial charge in [-0.2, -0.15) is 0 Å². The van der Waals surface area contributed by atoms with Crippen LogP contribution in [0.25, 0.3) is 0 Å². The zero-order valence-corrected chi connectivity index (χ0v) is 9.07. The number of nitrogens with zero attached hydrogens (tertiary/aromatic N) is 2. The van der Waals surface area contributed by atoms with Crippen LogP contribution in [0, 0.1) is 6.92 Å². The molecule has 1 aromatic heterocycles. The molecule has 1 aromatic rings. The molecule has 0 amide bonds. The van der Waals surface area contributed by atoms with Gasteiger partial charge in [0.05, 0.1) is 12.3 Å². The van der Waals surface area contributed by atoms with Gasteiger partial charge in [0, 0.05) is 32.1 Å². The SMILES string of the molecule is Cc1nccnc1NCCCOCCN. The lowest BCUT2D eigenvalue weighted by Gasteiger charge is -2.07. The van der Waals surface area contributed by atoms with E-state index in [9.17, 15) is 0 Å². The minimum absolute atomic E-state index is 0.580. The Balaban J connectivity index is 2.12. The van der Waals surface area contributed by atoms with Crippen molar-refractivity contribution in [2.45, 2.75) is 13.3 Å². The molecule has 0 atom stereocenters. The van der Waals surface area contributed by atoms with Crippen molar-refractivity contribution in [2.75, 3.05) is 31.6 Å². The van der Waals surface area contributed by atoms with Crippen molar-refractivity contribution in [3.05, 3.63) is 18.1 Å². The number of ether oxygens (including phenoxy) is 1. The Bertz CT molecular complexity index is 280. The van der Waals surface area contributed by atoms with E-state index in [-0.39, 0.29) is 0 Å². The molecule has 1 heterocycles. The van der Waals surface area contributed by atoms with E-state index in [1.165, 1.54) is 0 Å². The van der Waals surface area contributed by atoms with Crippen LogP contribution in [0.3, 0.4) is 0 Å². The summed E-state index contributed by atoms with van der Waals surface area (Å²) >= 11 is 0. The summed E-state index contributed by atoms with van der Waals surface area (Å²) in [6.45, 7) is 4.70. The summed E-state index contributed by atoms with van der Waals surface area (Å²) < 4.78 is 5.25. The molecule has 15 heavy (non-hydrogen) atoms. The lowest BCUT2D eigenvalue weighted by molar-refractivity contribution is 0.141. The van der Waals surface area contributed by atoms with Gasteiger partial charge in [-0.15, -0.1) is 0 Å². The molecule has 0 aliphatic carbocycles. The van der Waals surface area contributed by atoms with Crippen LogP contribution in [0.5, 0.6) is 0 Å². The first-order valence-electron chi connectivity index (χ1n) is 5.14. The average molecular weight is 210 g/mol. The molecular formula is C10H18N4O. The molecule has 0 aliphatic heterocycles. The van der Waals surface area contributed by atoms with Crippen molar-refractivity contribution >= 4 is 5.82 Å². The fourth-order valence-electron chi connectivity index (χ4n) is 1.15. The van der Waals surface area contributed by atoms with Crippen molar-refractivity contribution in [2.24, 2.45) is 5.73 Å². The lowest BCUT2D eigenvalue weighted by atomic mass is 10.4. The highest BCUT2D eigenvalue weighted by Crippen LogP contribution is 2.05. The summed E-state index contributed by atoms with van der Waals surface area (Å²) in [5, 5.41) is 3.20. The second-order valence-corrected chi connectivity index (χ2v) is 3.17. The molecule has 0 spiro atoms. The fourth-order valence-corrected chi connectivity index (χ4v) is 1.15. The third-order valence-electron chi connectivity index (χ3n) is 1.90. The van der Waals surface area contributed by atoms with Crippen LogP contribution < -0.4 is 11.1 Å². The lowest BCUT2D eigenvalue weighted by Crippen LogP contribution is -2.12. The first-order valence-corrected chi connectivity index (χ1v) is 5.14. The summed E-state index contributed by atoms with van der Waals surface area (Å²) in [5.41, 5.74) is 6.21. The van der Waals surface area contributed by atoms with E-state index < -0.39 is 0 Å². The Hall–Kier alpha value is -1.20. The summed E-state index contributed by atoms with van der Waals surface area (Å²) in [6.07, 6.45) is 4.31. The highest BCUT2D eigenvalue weighted by Gasteiger charge is 1.97. The molecule has 5 nitrogen and oxygen atoms in total. The van der Waals surface area contributed by atoms with Gasteiger partial charge in [-0.1, -0.05) is 0 Å². The van der Waals surface area contributed by atoms with Crippen LogP contribution in [0.15, 0.2) is 12.4 Å². The number of aryl methyl sites for hydroxylation is 1. The van der Waals surface area contributed by atoms with Gasteiger partial charge in [-0.3, -0.25) is 4.98 Å². The van der Waals surface area contributed by atoms with Crippen LogP contribution >= 0.6 is 0 Å². The van der Waals surface area contributed by atoms with Crippen molar-refractivity contribution in [1.82, 2.24) is 9.97 Å². The van der Waals surface area contributed by atoms with Gasteiger partial charge in [0.2, 0.25) is 0 Å². The normalized spacial score (nSPS) is 10.3. The van der Waals surface area contributed by atoms with E-state index in [2.05, 4.69) is 15.3 Å². The highest BCUT2D eigenvalue weighted by atomic mass is 16.5. The van der Waals surface area contributed by atoms with Gasteiger partial charge >= 0.3 is 0 Å². The first-order chi connectivity index (χ1) is 7.34. The zero-order valence-electron chi connectivity index (χ0n) is 9.07. The van der Waals surface area contributed by atoms with Crippen LogP contribution in [-0.4, -0.2) is 36.3 Å². The Morgan fingerprint density at radius 1 is 1.33 bits per heavy atom. The molecule has 0 saturated carbocycles. The maximum atomic E-state index is 5.30. The standard InChI is InChI=1S/C10H18N4O/c1-9-10(14-6-5-12-9)13-4-2-7-15-8-3-11/h5-6H,2-4,7-8,11H2,1H3,(H,13,14). The number of nitrogens with one attached hydrogen (secondary N) is 1. The van der Waals surface area contributed by atoms with Crippen LogP contribution in [-0.2, 0) is 4.74 Å². The predicted octanol–water partition coefficient (Wildman–Crippen LogP) is 0.562. The quantitative estimate of drug-likeness (QED) is 0.643. The van der Waals surface area contributed by atoms with Crippen LogP contribution in [0.1, 0.15) is 12.1 Å². The smallest absolute Gasteiger partial charge is 0.147 e. The molecule has 0 aromatic carbocycles. The maximum Gasteiger partial charge on any atom is 0.147 e. The highest BCUT2D eigenvalue weighted by molar-refractivity contribution is 5.37. The Morgan fingerprint density at radius 2 is 2.13 bits per heavy atom. The molecule has 0 unspecified atom stereocenters. The fraction of sp³-hybridized carbons (Fsp3) is 0.600. The van der Waals surface area contributed by atoms with E-state index in [4.69, 9.17) is 10.5 Å². The van der Waals surface area contributed by atoms with E-state index in [0.29, 0.717) is 13.2 Å². The summed E-state index contributed by atoms with van der Waals surface area (Å²) in [4.78, 5) is 8.31. The van der Waals surface area contributed by atoms with E-state index in [1.807, 2.05) is 6.92 Å². The molecule has 5 heteroatoms. The van der Waals surface area contributed by atoms with Crippen molar-refractivity contribution in [3.63, 3.8) is 0 Å². The number of anilines is 1. The van der Waals surface area contributed by atoms with Gasteiger partial charge in [0.25, 0.3) is 0 Å². The topological polar surface area (TPSA) is 73.1 Å².